The Hall–Kier alpha value is -5.19. The highest BCUT2D eigenvalue weighted by atomic mass is 16.5. The standard InChI is InChI=1S/C42H53N7O4/c1-7-10-17-48(37(50)11-8-2)24-35-43-22-33(45-35)31-18-27-12-14-29-20-32(21-30-15-13-28(19-31)38(27)39(29)30)34-23-44-36(46-34)25-49(16-9-3)41(51)40(26(4)5)47-42(52)53-6/h7,18-23,26,40H,1,8-17,24-25H2,2-6H3,(H,43,45)(H,44,46)(H,47,52)/t40-/m0/s1. The first kappa shape index (κ1) is 37.6. The van der Waals surface area contributed by atoms with Crippen LogP contribution < -0.4 is 5.32 Å². The van der Waals surface area contributed by atoms with Crippen LogP contribution in [0, 0.1) is 5.92 Å². The van der Waals surface area contributed by atoms with Gasteiger partial charge in [0.2, 0.25) is 11.8 Å². The number of imidazole rings is 2. The Morgan fingerprint density at radius 3 is 1.77 bits per heavy atom. The number of H-pyrrole nitrogens is 2. The van der Waals surface area contributed by atoms with Gasteiger partial charge >= 0.3 is 6.09 Å². The van der Waals surface area contributed by atoms with E-state index in [-0.39, 0.29) is 17.7 Å². The van der Waals surface area contributed by atoms with Crippen LogP contribution in [-0.2, 0) is 53.1 Å². The van der Waals surface area contributed by atoms with Crippen molar-refractivity contribution in [2.75, 3.05) is 20.2 Å². The molecular formula is C42H53N7O4. The van der Waals surface area contributed by atoms with Crippen molar-refractivity contribution in [3.8, 4) is 33.6 Å². The highest BCUT2D eigenvalue weighted by Gasteiger charge is 2.30. The molecule has 4 aromatic rings. The highest BCUT2D eigenvalue weighted by molar-refractivity contribution is 5.87. The van der Waals surface area contributed by atoms with Crippen molar-refractivity contribution in [1.82, 2.24) is 35.1 Å². The molecule has 0 spiro atoms. The Bertz CT molecular complexity index is 1920. The number of hydrogen-bond acceptors (Lipinski definition) is 6. The van der Waals surface area contributed by atoms with Gasteiger partial charge in [0.15, 0.2) is 0 Å². The molecule has 0 radical (unpaired) electrons. The molecule has 0 bridgehead atoms. The van der Waals surface area contributed by atoms with Crippen LogP contribution in [0.25, 0.3) is 33.6 Å². The van der Waals surface area contributed by atoms with E-state index in [0.29, 0.717) is 38.4 Å². The van der Waals surface area contributed by atoms with Gasteiger partial charge in [-0.2, -0.15) is 0 Å². The first-order valence-electron chi connectivity index (χ1n) is 19.1. The summed E-state index contributed by atoms with van der Waals surface area (Å²) in [7, 11) is 1.30. The van der Waals surface area contributed by atoms with Gasteiger partial charge in [0, 0.05) is 30.6 Å². The van der Waals surface area contributed by atoms with Crippen molar-refractivity contribution in [3.05, 3.63) is 83.2 Å². The quantitative estimate of drug-likeness (QED) is 0.105. The maximum absolute atomic E-state index is 13.6. The largest absolute Gasteiger partial charge is 0.453 e. The number of carbonyl (C=O) groups excluding carboxylic acids is 3. The molecule has 2 aliphatic rings. The van der Waals surface area contributed by atoms with Crippen molar-refractivity contribution in [2.45, 2.75) is 98.2 Å². The fraction of sp³-hybridized carbons (Fsp3) is 0.452. The summed E-state index contributed by atoms with van der Waals surface area (Å²) >= 11 is 0. The molecule has 3 amide bonds. The van der Waals surface area contributed by atoms with Crippen molar-refractivity contribution < 1.29 is 19.1 Å². The SMILES string of the molecule is C=CCCN(Cc1ncc(-c2cc3c4c(c2)CCc2cc(-c5cnc(CN(CCC)C(=O)[C@@H](NC(=O)OC)C(C)C)[nH]5)cc(c2-4)CC3)[nH]1)C(=O)CCC. The molecule has 1 atom stereocenters. The zero-order valence-corrected chi connectivity index (χ0v) is 31.8. The monoisotopic (exact) mass is 719 g/mol. The smallest absolute Gasteiger partial charge is 0.407 e. The minimum Gasteiger partial charge on any atom is -0.453 e. The third kappa shape index (κ3) is 8.24. The zero-order chi connectivity index (χ0) is 37.6. The van der Waals surface area contributed by atoms with E-state index in [9.17, 15) is 14.4 Å². The third-order valence-corrected chi connectivity index (χ3v) is 10.4. The van der Waals surface area contributed by atoms with Gasteiger partial charge in [0.25, 0.3) is 0 Å². The predicted molar refractivity (Wildman–Crippen MR) is 207 cm³/mol. The molecule has 6 rings (SSSR count). The van der Waals surface area contributed by atoms with E-state index in [1.165, 1.54) is 40.5 Å². The Balaban J connectivity index is 1.21. The van der Waals surface area contributed by atoms with Crippen LogP contribution >= 0.6 is 0 Å². The Morgan fingerprint density at radius 1 is 0.830 bits per heavy atom. The molecule has 2 aliphatic carbocycles. The van der Waals surface area contributed by atoms with Gasteiger partial charge in [-0.3, -0.25) is 9.59 Å². The van der Waals surface area contributed by atoms with Crippen LogP contribution in [0.15, 0.2) is 49.3 Å². The van der Waals surface area contributed by atoms with E-state index in [1.54, 1.807) is 4.90 Å². The van der Waals surface area contributed by atoms with Crippen LogP contribution in [0.2, 0.25) is 0 Å². The van der Waals surface area contributed by atoms with Crippen molar-refractivity contribution >= 4 is 17.9 Å². The second-order valence-electron chi connectivity index (χ2n) is 14.6. The lowest BCUT2D eigenvalue weighted by Gasteiger charge is -2.30. The molecule has 53 heavy (non-hydrogen) atoms. The number of benzene rings is 2. The number of carbonyl (C=O) groups is 3. The molecule has 0 saturated heterocycles. The van der Waals surface area contributed by atoms with Crippen molar-refractivity contribution in [1.29, 1.82) is 0 Å². The summed E-state index contributed by atoms with van der Waals surface area (Å²) in [5.41, 5.74) is 12.3. The molecule has 11 nitrogen and oxygen atoms in total. The minimum atomic E-state index is -0.691. The van der Waals surface area contributed by atoms with Crippen molar-refractivity contribution in [3.63, 3.8) is 0 Å². The summed E-state index contributed by atoms with van der Waals surface area (Å²) in [4.78, 5) is 58.3. The van der Waals surface area contributed by atoms with E-state index in [1.807, 2.05) is 51.1 Å². The average molecular weight is 720 g/mol. The average Bonchev–Trinajstić information content (AvgIpc) is 3.83. The van der Waals surface area contributed by atoms with Gasteiger partial charge in [0.05, 0.1) is 44.0 Å². The van der Waals surface area contributed by atoms with Crippen molar-refractivity contribution in [2.24, 2.45) is 5.92 Å². The first-order valence-corrected chi connectivity index (χ1v) is 19.1. The molecule has 3 N–H and O–H groups in total. The topological polar surface area (TPSA) is 136 Å². The number of nitrogens with zero attached hydrogens (tertiary/aromatic N) is 4. The van der Waals surface area contributed by atoms with Crippen LogP contribution in [0.4, 0.5) is 4.79 Å². The number of rotatable bonds is 16. The molecule has 0 unspecified atom stereocenters. The van der Waals surface area contributed by atoms with Gasteiger partial charge in [-0.25, -0.2) is 14.8 Å². The number of hydrogen-bond donors (Lipinski definition) is 3. The van der Waals surface area contributed by atoms with Gasteiger partial charge in [-0.05, 0) is 109 Å². The molecule has 11 heteroatoms. The predicted octanol–water partition coefficient (Wildman–Crippen LogP) is 7.16. The highest BCUT2D eigenvalue weighted by Crippen LogP contribution is 2.45. The molecule has 2 heterocycles. The van der Waals surface area contributed by atoms with Crippen LogP contribution in [0.3, 0.4) is 0 Å². The number of aromatic amines is 2. The maximum atomic E-state index is 13.6. The van der Waals surface area contributed by atoms with Crippen LogP contribution in [0.5, 0.6) is 0 Å². The van der Waals surface area contributed by atoms with Crippen LogP contribution in [0.1, 0.15) is 87.3 Å². The summed E-state index contributed by atoms with van der Waals surface area (Å²) in [5.74, 6) is 1.38. The first-order chi connectivity index (χ1) is 25.6. The van der Waals surface area contributed by atoms with Crippen LogP contribution in [-0.4, -0.2) is 73.9 Å². The lowest BCUT2D eigenvalue weighted by molar-refractivity contribution is -0.135. The number of ether oxygens (including phenoxy) is 1. The van der Waals surface area contributed by atoms with E-state index in [0.717, 1.165) is 73.3 Å². The van der Waals surface area contributed by atoms with E-state index in [2.05, 4.69) is 56.1 Å². The second kappa shape index (κ2) is 16.7. The molecular weight excluding hydrogens is 667 g/mol. The normalized spacial score (nSPS) is 13.3. The van der Waals surface area contributed by atoms with Gasteiger partial charge in [-0.15, -0.1) is 6.58 Å². The molecule has 0 aliphatic heterocycles. The summed E-state index contributed by atoms with van der Waals surface area (Å²) in [6.07, 6.45) is 11.7. The minimum absolute atomic E-state index is 0.103. The Kier molecular flexibility index (Phi) is 11.8. The lowest BCUT2D eigenvalue weighted by atomic mass is 9.74. The van der Waals surface area contributed by atoms with Gasteiger partial charge < -0.3 is 29.8 Å². The molecule has 2 aromatic carbocycles. The Morgan fingerprint density at radius 2 is 1.34 bits per heavy atom. The number of methoxy groups -OCH3 is 1. The summed E-state index contributed by atoms with van der Waals surface area (Å²) in [5, 5.41) is 2.70. The number of nitrogens with one attached hydrogen (secondary N) is 3. The number of aromatic nitrogens is 4. The number of aryl methyl sites for hydroxylation is 4. The van der Waals surface area contributed by atoms with E-state index in [4.69, 9.17) is 4.74 Å². The number of alkyl carbamates (subject to hydrolysis) is 1. The molecule has 280 valence electrons. The molecule has 0 fully saturated rings. The summed E-state index contributed by atoms with van der Waals surface area (Å²) in [6, 6.07) is 8.53. The van der Waals surface area contributed by atoms with Gasteiger partial charge in [0.1, 0.15) is 17.7 Å². The zero-order valence-electron chi connectivity index (χ0n) is 31.8. The van der Waals surface area contributed by atoms with Gasteiger partial charge in [-0.1, -0.05) is 33.8 Å². The molecule has 2 aromatic heterocycles. The third-order valence-electron chi connectivity index (χ3n) is 10.4. The second-order valence-corrected chi connectivity index (χ2v) is 14.6. The Labute approximate surface area is 312 Å². The fourth-order valence-electron chi connectivity index (χ4n) is 7.70. The van der Waals surface area contributed by atoms with E-state index >= 15 is 0 Å². The summed E-state index contributed by atoms with van der Waals surface area (Å²) in [6.45, 7) is 13.7. The fourth-order valence-corrected chi connectivity index (χ4v) is 7.70. The number of amides is 3. The summed E-state index contributed by atoms with van der Waals surface area (Å²) < 4.78 is 4.77. The molecule has 0 saturated carbocycles. The maximum Gasteiger partial charge on any atom is 0.407 e. The lowest BCUT2D eigenvalue weighted by Crippen LogP contribution is -2.51. The van der Waals surface area contributed by atoms with E-state index < -0.39 is 12.1 Å².